The molecule has 33 heavy (non-hydrogen) atoms. The summed E-state index contributed by atoms with van der Waals surface area (Å²) in [6, 6.07) is 12.4. The third-order valence-electron chi connectivity index (χ3n) is 5.07. The summed E-state index contributed by atoms with van der Waals surface area (Å²) >= 11 is 5.09. The first-order valence-corrected chi connectivity index (χ1v) is 11.6. The second kappa shape index (κ2) is 13.4. The number of thiocarbonyl (C=S) groups is 1. The number of carbonyl (C=O) groups is 2. The maximum atomic E-state index is 12.4. The molecule has 0 spiro atoms. The molecule has 8 heteroatoms. The Kier molecular flexibility index (Phi) is 10.6. The lowest BCUT2D eigenvalue weighted by Crippen LogP contribution is -2.51. The van der Waals surface area contributed by atoms with Crippen molar-refractivity contribution < 1.29 is 19.1 Å². The number of benzene rings is 2. The van der Waals surface area contributed by atoms with Crippen molar-refractivity contribution in [2.45, 2.75) is 59.5 Å². The van der Waals surface area contributed by atoms with E-state index in [2.05, 4.69) is 23.1 Å². The van der Waals surface area contributed by atoms with Crippen LogP contribution in [-0.4, -0.2) is 29.6 Å². The number of rotatable bonds is 10. The van der Waals surface area contributed by atoms with Crippen LogP contribution in [0.1, 0.15) is 61.0 Å². The van der Waals surface area contributed by atoms with Crippen molar-refractivity contribution in [2.24, 2.45) is 0 Å². The number of unbranched alkanes of at least 4 members (excludes halogenated alkanes) is 3. The standard InChI is InChI=1S/C25H33N3O4S/c1-5-6-7-8-15-31-21-13-10-20(11-14-21)24(30)26-25(33)28-27-23(29)19(4)32-22-12-9-17(2)18(3)16-22/h9-14,16,19H,5-8,15H2,1-4H3,(H,27,29)(H2,26,28,30,33). The third-order valence-corrected chi connectivity index (χ3v) is 5.27. The highest BCUT2D eigenvalue weighted by Gasteiger charge is 2.16. The highest BCUT2D eigenvalue weighted by atomic mass is 32.1. The van der Waals surface area contributed by atoms with Gasteiger partial charge in [0.2, 0.25) is 0 Å². The quantitative estimate of drug-likeness (QED) is 0.271. The van der Waals surface area contributed by atoms with E-state index in [1.807, 2.05) is 32.0 Å². The largest absolute Gasteiger partial charge is 0.494 e. The average Bonchev–Trinajstić information content (AvgIpc) is 2.80. The maximum Gasteiger partial charge on any atom is 0.279 e. The van der Waals surface area contributed by atoms with Crippen LogP contribution in [0.5, 0.6) is 11.5 Å². The number of ether oxygens (including phenoxy) is 2. The van der Waals surface area contributed by atoms with Gasteiger partial charge in [-0.2, -0.15) is 0 Å². The van der Waals surface area contributed by atoms with Gasteiger partial charge < -0.3 is 9.47 Å². The molecule has 0 saturated carbocycles. The van der Waals surface area contributed by atoms with E-state index in [9.17, 15) is 9.59 Å². The summed E-state index contributed by atoms with van der Waals surface area (Å²) in [4.78, 5) is 24.6. The highest BCUT2D eigenvalue weighted by molar-refractivity contribution is 7.80. The number of aryl methyl sites for hydroxylation is 2. The summed E-state index contributed by atoms with van der Waals surface area (Å²) in [5, 5.41) is 2.50. The Hall–Kier alpha value is -3.13. The fourth-order valence-electron chi connectivity index (χ4n) is 2.89. The zero-order valence-corrected chi connectivity index (χ0v) is 20.5. The molecular formula is C25H33N3O4S. The van der Waals surface area contributed by atoms with Gasteiger partial charge in [-0.1, -0.05) is 32.3 Å². The third kappa shape index (κ3) is 9.10. The summed E-state index contributed by atoms with van der Waals surface area (Å²) in [6.07, 6.45) is 3.79. The predicted octanol–water partition coefficient (Wildman–Crippen LogP) is 4.37. The molecule has 0 fully saturated rings. The van der Waals surface area contributed by atoms with Gasteiger partial charge in [0.15, 0.2) is 11.2 Å². The van der Waals surface area contributed by atoms with E-state index in [1.165, 1.54) is 12.8 Å². The fourth-order valence-corrected chi connectivity index (χ4v) is 3.04. The van der Waals surface area contributed by atoms with Gasteiger partial charge in [0.05, 0.1) is 6.61 Å². The van der Waals surface area contributed by atoms with Crippen LogP contribution in [0.3, 0.4) is 0 Å². The molecule has 0 aliphatic rings. The van der Waals surface area contributed by atoms with Gasteiger partial charge in [-0.05, 0) is 86.9 Å². The van der Waals surface area contributed by atoms with Crippen molar-refractivity contribution in [3.8, 4) is 11.5 Å². The van der Waals surface area contributed by atoms with Gasteiger partial charge in [-0.25, -0.2) is 0 Å². The number of nitrogens with one attached hydrogen (secondary N) is 3. The Morgan fingerprint density at radius 2 is 1.64 bits per heavy atom. The number of amides is 2. The Morgan fingerprint density at radius 3 is 2.30 bits per heavy atom. The van der Waals surface area contributed by atoms with E-state index in [0.29, 0.717) is 23.7 Å². The topological polar surface area (TPSA) is 88.7 Å². The van der Waals surface area contributed by atoms with Crippen molar-refractivity contribution in [2.75, 3.05) is 6.61 Å². The summed E-state index contributed by atoms with van der Waals surface area (Å²) in [6.45, 7) is 8.44. The molecule has 1 unspecified atom stereocenters. The lowest BCUT2D eigenvalue weighted by molar-refractivity contribution is -0.127. The van der Waals surface area contributed by atoms with Crippen molar-refractivity contribution >= 4 is 29.1 Å². The van der Waals surface area contributed by atoms with Crippen LogP contribution in [0, 0.1) is 13.8 Å². The number of carbonyl (C=O) groups excluding carboxylic acids is 2. The maximum absolute atomic E-state index is 12.4. The first-order valence-electron chi connectivity index (χ1n) is 11.2. The molecule has 0 saturated heterocycles. The number of hydrazine groups is 1. The summed E-state index contributed by atoms with van der Waals surface area (Å²) in [7, 11) is 0. The van der Waals surface area contributed by atoms with Crippen molar-refractivity contribution in [3.05, 3.63) is 59.2 Å². The molecule has 3 N–H and O–H groups in total. The van der Waals surface area contributed by atoms with Crippen molar-refractivity contribution in [1.29, 1.82) is 0 Å². The molecule has 0 bridgehead atoms. The first-order chi connectivity index (χ1) is 15.8. The van der Waals surface area contributed by atoms with Crippen LogP contribution < -0.4 is 25.6 Å². The van der Waals surface area contributed by atoms with Gasteiger partial charge >= 0.3 is 0 Å². The minimum Gasteiger partial charge on any atom is -0.494 e. The van der Waals surface area contributed by atoms with Crippen LogP contribution in [0.4, 0.5) is 0 Å². The molecule has 2 aromatic carbocycles. The molecule has 0 radical (unpaired) electrons. The van der Waals surface area contributed by atoms with E-state index >= 15 is 0 Å². The Balaban J connectivity index is 1.73. The average molecular weight is 472 g/mol. The van der Waals surface area contributed by atoms with Crippen LogP contribution >= 0.6 is 12.2 Å². The molecule has 178 valence electrons. The molecule has 0 aliphatic carbocycles. The van der Waals surface area contributed by atoms with Gasteiger partial charge in [0.25, 0.3) is 11.8 Å². The fraction of sp³-hybridized carbons (Fsp3) is 0.400. The Bertz CT molecular complexity index is 947. The van der Waals surface area contributed by atoms with E-state index in [1.54, 1.807) is 31.2 Å². The van der Waals surface area contributed by atoms with Gasteiger partial charge in [0.1, 0.15) is 11.5 Å². The molecule has 2 aromatic rings. The zero-order valence-electron chi connectivity index (χ0n) is 19.7. The van der Waals surface area contributed by atoms with Gasteiger partial charge in [-0.15, -0.1) is 0 Å². The predicted molar refractivity (Wildman–Crippen MR) is 133 cm³/mol. The SMILES string of the molecule is CCCCCCOc1ccc(C(=O)NC(=S)NNC(=O)C(C)Oc2ccc(C)c(C)c2)cc1. The molecule has 0 aromatic heterocycles. The second-order valence-electron chi connectivity index (χ2n) is 7.84. The normalized spacial score (nSPS) is 11.3. The van der Waals surface area contributed by atoms with Crippen LogP contribution in [-0.2, 0) is 4.79 Å². The Morgan fingerprint density at radius 1 is 0.939 bits per heavy atom. The van der Waals surface area contributed by atoms with Crippen LogP contribution in [0.2, 0.25) is 0 Å². The van der Waals surface area contributed by atoms with Gasteiger partial charge in [0, 0.05) is 5.56 Å². The molecule has 1 atom stereocenters. The molecule has 0 aliphatic heterocycles. The molecule has 7 nitrogen and oxygen atoms in total. The summed E-state index contributed by atoms with van der Waals surface area (Å²) in [5.41, 5.74) is 7.61. The molecule has 0 heterocycles. The minimum absolute atomic E-state index is 0.0250. The van der Waals surface area contributed by atoms with E-state index in [4.69, 9.17) is 21.7 Å². The minimum atomic E-state index is -0.757. The van der Waals surface area contributed by atoms with E-state index in [0.717, 1.165) is 24.0 Å². The molecular weight excluding hydrogens is 438 g/mol. The van der Waals surface area contributed by atoms with Gasteiger partial charge in [-0.3, -0.25) is 25.8 Å². The molecule has 2 rings (SSSR count). The zero-order chi connectivity index (χ0) is 24.2. The lowest BCUT2D eigenvalue weighted by atomic mass is 10.1. The first kappa shape index (κ1) is 26.1. The van der Waals surface area contributed by atoms with E-state index in [-0.39, 0.29) is 5.11 Å². The monoisotopic (exact) mass is 471 g/mol. The summed E-state index contributed by atoms with van der Waals surface area (Å²) < 4.78 is 11.3. The molecule has 2 amide bonds. The number of hydrogen-bond donors (Lipinski definition) is 3. The lowest BCUT2D eigenvalue weighted by Gasteiger charge is -2.17. The van der Waals surface area contributed by atoms with Crippen LogP contribution in [0.25, 0.3) is 0 Å². The van der Waals surface area contributed by atoms with Crippen molar-refractivity contribution in [3.63, 3.8) is 0 Å². The van der Waals surface area contributed by atoms with E-state index < -0.39 is 17.9 Å². The Labute approximate surface area is 201 Å². The second-order valence-corrected chi connectivity index (χ2v) is 8.25. The van der Waals surface area contributed by atoms with Crippen LogP contribution in [0.15, 0.2) is 42.5 Å². The summed E-state index contributed by atoms with van der Waals surface area (Å²) in [5.74, 6) is 0.500. The van der Waals surface area contributed by atoms with Crippen molar-refractivity contribution in [1.82, 2.24) is 16.2 Å². The number of hydrogen-bond acceptors (Lipinski definition) is 5. The smallest absolute Gasteiger partial charge is 0.279 e. The highest BCUT2D eigenvalue weighted by Crippen LogP contribution is 2.17.